The molecule has 1 aromatic rings. The van der Waals surface area contributed by atoms with Crippen molar-refractivity contribution in [1.82, 2.24) is 0 Å². The summed E-state index contributed by atoms with van der Waals surface area (Å²) in [6, 6.07) is 7.88. The second-order valence-electron chi connectivity index (χ2n) is 4.86. The van der Waals surface area contributed by atoms with Crippen LogP contribution in [0.25, 0.3) is 0 Å². The fraction of sp³-hybridized carbons (Fsp3) is 0.500. The fourth-order valence-corrected chi connectivity index (χ4v) is 1.75. The van der Waals surface area contributed by atoms with E-state index in [2.05, 4.69) is 6.07 Å². The Morgan fingerprint density at radius 2 is 2.12 bits per heavy atom. The molecular formula is C14H18ClNO. The first-order valence-corrected chi connectivity index (χ1v) is 6.12. The number of ether oxygens (including phenoxy) is 1. The Balaban J connectivity index is 2.39. The largest absolute Gasteiger partial charge is 0.493 e. The monoisotopic (exact) mass is 251 g/mol. The third-order valence-electron chi connectivity index (χ3n) is 2.64. The van der Waals surface area contributed by atoms with E-state index in [9.17, 15) is 0 Å². The quantitative estimate of drug-likeness (QED) is 0.729. The van der Waals surface area contributed by atoms with Crippen molar-refractivity contribution in [2.24, 2.45) is 5.41 Å². The van der Waals surface area contributed by atoms with Gasteiger partial charge in [0.2, 0.25) is 0 Å². The maximum absolute atomic E-state index is 8.88. The lowest BCUT2D eigenvalue weighted by Crippen LogP contribution is -2.10. The predicted molar refractivity (Wildman–Crippen MR) is 70.3 cm³/mol. The third-order valence-corrected chi connectivity index (χ3v) is 2.88. The normalized spacial score (nSPS) is 11.0. The molecule has 0 saturated carbocycles. The number of hydrogen-bond acceptors (Lipinski definition) is 2. The second kappa shape index (κ2) is 5.93. The van der Waals surface area contributed by atoms with Crippen molar-refractivity contribution in [3.63, 3.8) is 0 Å². The smallest absolute Gasteiger partial charge is 0.122 e. The lowest BCUT2D eigenvalue weighted by atomic mass is 9.90. The van der Waals surface area contributed by atoms with Crippen molar-refractivity contribution in [2.75, 3.05) is 6.61 Å². The van der Waals surface area contributed by atoms with Crippen LogP contribution in [0.5, 0.6) is 5.75 Å². The van der Waals surface area contributed by atoms with Crippen molar-refractivity contribution in [2.45, 2.75) is 33.6 Å². The average molecular weight is 252 g/mol. The molecule has 2 nitrogen and oxygen atoms in total. The van der Waals surface area contributed by atoms with Crippen molar-refractivity contribution in [3.8, 4) is 11.8 Å². The van der Waals surface area contributed by atoms with Gasteiger partial charge in [0.15, 0.2) is 0 Å². The molecule has 3 heteroatoms. The van der Waals surface area contributed by atoms with Crippen LogP contribution in [-0.4, -0.2) is 6.61 Å². The number of nitriles is 1. The van der Waals surface area contributed by atoms with Crippen LogP contribution in [0.3, 0.4) is 0 Å². The molecule has 0 aliphatic rings. The predicted octanol–water partition coefficient (Wildman–Crippen LogP) is 4.36. The molecule has 0 amide bonds. The number of nitrogens with zero attached hydrogens (tertiary/aromatic N) is 1. The van der Waals surface area contributed by atoms with Crippen molar-refractivity contribution < 1.29 is 4.74 Å². The molecule has 1 rings (SSSR count). The fourth-order valence-electron chi connectivity index (χ4n) is 1.53. The topological polar surface area (TPSA) is 33.0 Å². The highest BCUT2D eigenvalue weighted by molar-refractivity contribution is 6.30. The zero-order chi connectivity index (χ0) is 12.9. The zero-order valence-electron chi connectivity index (χ0n) is 10.6. The van der Waals surface area contributed by atoms with Gasteiger partial charge in [-0.1, -0.05) is 11.6 Å². The Labute approximate surface area is 108 Å². The van der Waals surface area contributed by atoms with Gasteiger partial charge in [-0.25, -0.2) is 0 Å². The van der Waals surface area contributed by atoms with Crippen LogP contribution in [0.1, 0.15) is 32.3 Å². The molecule has 0 N–H and O–H groups in total. The van der Waals surface area contributed by atoms with Crippen LogP contribution < -0.4 is 4.74 Å². The maximum atomic E-state index is 8.88. The molecule has 0 aliphatic heterocycles. The highest BCUT2D eigenvalue weighted by Crippen LogP contribution is 2.24. The van der Waals surface area contributed by atoms with Gasteiger partial charge in [0.1, 0.15) is 5.75 Å². The van der Waals surface area contributed by atoms with E-state index < -0.39 is 0 Å². The highest BCUT2D eigenvalue weighted by atomic mass is 35.5. The van der Waals surface area contributed by atoms with Gasteiger partial charge in [-0.2, -0.15) is 5.26 Å². The first-order valence-electron chi connectivity index (χ1n) is 5.75. The van der Waals surface area contributed by atoms with Crippen LogP contribution in [-0.2, 0) is 0 Å². The van der Waals surface area contributed by atoms with Gasteiger partial charge in [0.25, 0.3) is 0 Å². The first-order chi connectivity index (χ1) is 7.94. The van der Waals surface area contributed by atoms with E-state index >= 15 is 0 Å². The van der Waals surface area contributed by atoms with Gasteiger partial charge in [0.05, 0.1) is 18.1 Å². The highest BCUT2D eigenvalue weighted by Gasteiger charge is 2.15. The maximum Gasteiger partial charge on any atom is 0.122 e. The number of hydrogen-bond donors (Lipinski definition) is 0. The Hall–Kier alpha value is -1.20. The van der Waals surface area contributed by atoms with Crippen LogP contribution in [0, 0.1) is 23.7 Å². The summed E-state index contributed by atoms with van der Waals surface area (Å²) in [6.07, 6.45) is 1.72. The Morgan fingerprint density at radius 3 is 2.71 bits per heavy atom. The van der Waals surface area contributed by atoms with Gasteiger partial charge in [0, 0.05) is 5.02 Å². The van der Waals surface area contributed by atoms with Crippen molar-refractivity contribution in [1.29, 1.82) is 5.26 Å². The van der Waals surface area contributed by atoms with E-state index in [1.807, 2.05) is 39.0 Å². The lowest BCUT2D eigenvalue weighted by molar-refractivity contribution is 0.283. The molecular weight excluding hydrogens is 234 g/mol. The summed E-state index contributed by atoms with van der Waals surface area (Å²) in [6.45, 7) is 6.50. The van der Waals surface area contributed by atoms with Gasteiger partial charge >= 0.3 is 0 Å². The number of aryl methyl sites for hydroxylation is 1. The summed E-state index contributed by atoms with van der Waals surface area (Å²) >= 11 is 5.87. The van der Waals surface area contributed by atoms with Crippen LogP contribution >= 0.6 is 11.6 Å². The molecule has 0 fully saturated rings. The Kier molecular flexibility index (Phi) is 4.84. The van der Waals surface area contributed by atoms with E-state index in [4.69, 9.17) is 21.6 Å². The SMILES string of the molecule is Cc1cc(Cl)ccc1OCCCC(C)(C)C#N. The Morgan fingerprint density at radius 1 is 1.41 bits per heavy atom. The molecule has 0 aliphatic carbocycles. The lowest BCUT2D eigenvalue weighted by Gasteiger charge is -2.15. The van der Waals surface area contributed by atoms with E-state index in [1.165, 1.54) is 0 Å². The molecule has 0 bridgehead atoms. The molecule has 0 atom stereocenters. The summed E-state index contributed by atoms with van der Waals surface area (Å²) in [5, 5.41) is 9.60. The summed E-state index contributed by atoms with van der Waals surface area (Å²) < 4.78 is 5.66. The van der Waals surface area contributed by atoms with E-state index in [0.717, 1.165) is 29.2 Å². The van der Waals surface area contributed by atoms with Crippen LogP contribution in [0.15, 0.2) is 18.2 Å². The summed E-state index contributed by atoms with van der Waals surface area (Å²) in [5.74, 6) is 0.865. The van der Waals surface area contributed by atoms with E-state index in [-0.39, 0.29) is 5.41 Å². The minimum atomic E-state index is -0.265. The molecule has 0 radical (unpaired) electrons. The first kappa shape index (κ1) is 13.9. The second-order valence-corrected chi connectivity index (χ2v) is 5.29. The molecule has 0 heterocycles. The third kappa shape index (κ3) is 4.66. The summed E-state index contributed by atoms with van der Waals surface area (Å²) in [4.78, 5) is 0. The number of halogens is 1. The van der Waals surface area contributed by atoms with Crippen LogP contribution in [0.4, 0.5) is 0 Å². The molecule has 1 aromatic carbocycles. The number of rotatable bonds is 5. The Bertz CT molecular complexity index is 421. The van der Waals surface area contributed by atoms with E-state index in [1.54, 1.807) is 0 Å². The van der Waals surface area contributed by atoms with Gasteiger partial charge < -0.3 is 4.74 Å². The molecule has 92 valence electrons. The minimum absolute atomic E-state index is 0.265. The summed E-state index contributed by atoms with van der Waals surface area (Å²) in [5.41, 5.74) is 0.773. The standard InChI is InChI=1S/C14H18ClNO/c1-11-9-12(15)5-6-13(11)17-8-4-7-14(2,3)10-16/h5-6,9H,4,7-8H2,1-3H3. The van der Waals surface area contributed by atoms with Gasteiger partial charge in [-0.05, 0) is 57.4 Å². The molecule has 0 unspecified atom stereocenters. The van der Waals surface area contributed by atoms with E-state index in [0.29, 0.717) is 6.61 Å². The van der Waals surface area contributed by atoms with Gasteiger partial charge in [-0.3, -0.25) is 0 Å². The average Bonchev–Trinajstić information content (AvgIpc) is 2.27. The number of benzene rings is 1. The van der Waals surface area contributed by atoms with Crippen molar-refractivity contribution >= 4 is 11.6 Å². The molecule has 0 spiro atoms. The zero-order valence-corrected chi connectivity index (χ0v) is 11.3. The molecule has 17 heavy (non-hydrogen) atoms. The van der Waals surface area contributed by atoms with Crippen LogP contribution in [0.2, 0.25) is 5.02 Å². The van der Waals surface area contributed by atoms with Crippen molar-refractivity contribution in [3.05, 3.63) is 28.8 Å². The molecule has 0 saturated heterocycles. The minimum Gasteiger partial charge on any atom is -0.493 e. The summed E-state index contributed by atoms with van der Waals surface area (Å²) in [7, 11) is 0. The van der Waals surface area contributed by atoms with Gasteiger partial charge in [-0.15, -0.1) is 0 Å². The molecule has 0 aromatic heterocycles.